The molecule has 3 atom stereocenters. The molecule has 0 aromatic carbocycles. The summed E-state index contributed by atoms with van der Waals surface area (Å²) in [6, 6.07) is -0.809. The van der Waals surface area contributed by atoms with E-state index in [1.807, 2.05) is 0 Å². The Morgan fingerprint density at radius 3 is 2.32 bits per heavy atom. The average molecular weight is 328 g/mol. The van der Waals surface area contributed by atoms with E-state index in [0.29, 0.717) is 12.2 Å². The summed E-state index contributed by atoms with van der Waals surface area (Å²) < 4.78 is 0. The van der Waals surface area contributed by atoms with Crippen LogP contribution in [0.4, 0.5) is 0 Å². The Morgan fingerprint density at radius 2 is 1.84 bits per heavy atom. The van der Waals surface area contributed by atoms with Crippen LogP contribution in [0, 0.1) is 0 Å². The van der Waals surface area contributed by atoms with Crippen molar-refractivity contribution in [3.05, 3.63) is 0 Å². The molecule has 4 N–H and O–H groups in total. The van der Waals surface area contributed by atoms with E-state index in [9.17, 15) is 9.59 Å². The van der Waals surface area contributed by atoms with Gasteiger partial charge in [0, 0.05) is 12.3 Å². The van der Waals surface area contributed by atoms with Gasteiger partial charge in [-0.1, -0.05) is 0 Å². The van der Waals surface area contributed by atoms with E-state index >= 15 is 0 Å². The summed E-state index contributed by atoms with van der Waals surface area (Å²) in [7, 11) is 0. The highest BCUT2D eigenvalue weighted by molar-refractivity contribution is 7.82. The van der Waals surface area contributed by atoms with Crippen molar-refractivity contribution in [1.29, 1.82) is 0 Å². The maximum atomic E-state index is 11.7. The molecular weight excluding hydrogens is 308 g/mol. The minimum atomic E-state index is -1.03. The van der Waals surface area contributed by atoms with Gasteiger partial charge in [0.1, 0.15) is 6.04 Å². The van der Waals surface area contributed by atoms with Gasteiger partial charge in [-0.3, -0.25) is 9.59 Å². The number of hydrogen-bond acceptors (Lipinski definition) is 7. The van der Waals surface area contributed by atoms with Gasteiger partial charge in [-0.25, -0.2) is 0 Å². The fourth-order valence-corrected chi connectivity index (χ4v) is 2.04. The van der Waals surface area contributed by atoms with Gasteiger partial charge in [-0.05, 0) is 12.2 Å². The first kappa shape index (κ1) is 18.9. The molecule has 0 aromatic heterocycles. The zero-order chi connectivity index (χ0) is 14.8. The van der Waals surface area contributed by atoms with Crippen molar-refractivity contribution in [3.8, 4) is 0 Å². The molecule has 112 valence electrons. The van der Waals surface area contributed by atoms with Gasteiger partial charge < -0.3 is 20.8 Å². The second kappa shape index (κ2) is 10.7. The smallest absolute Gasteiger partial charge is 0.243 e. The highest BCUT2D eigenvalue weighted by Gasteiger charge is 2.22. The first-order valence-electron chi connectivity index (χ1n) is 5.73. The van der Waals surface area contributed by atoms with Crippen LogP contribution in [0.1, 0.15) is 6.42 Å². The molecule has 0 aliphatic heterocycles. The largest absolute Gasteiger partial charge is 0.394 e. The van der Waals surface area contributed by atoms with Crippen LogP contribution < -0.4 is 10.6 Å². The first-order chi connectivity index (χ1) is 8.96. The fraction of sp³-hybridized carbons (Fsp3) is 0.800. The van der Waals surface area contributed by atoms with Crippen molar-refractivity contribution in [1.82, 2.24) is 10.6 Å². The molecule has 9 heteroatoms. The van der Waals surface area contributed by atoms with Gasteiger partial charge in [0.25, 0.3) is 0 Å². The minimum Gasteiger partial charge on any atom is -0.394 e. The molecule has 0 saturated heterocycles. The lowest BCUT2D eigenvalue weighted by molar-refractivity contribution is -0.128. The van der Waals surface area contributed by atoms with Crippen LogP contribution in [0.15, 0.2) is 0 Å². The van der Waals surface area contributed by atoms with Crippen LogP contribution in [0.2, 0.25) is 0 Å². The monoisotopic (exact) mass is 328 g/mol. The fourth-order valence-electron chi connectivity index (χ4n) is 1.12. The number of aliphatic hydroxyl groups excluding tert-OH is 2. The van der Waals surface area contributed by atoms with Crippen molar-refractivity contribution in [2.24, 2.45) is 0 Å². The zero-order valence-corrected chi connectivity index (χ0v) is 13.0. The Balaban J connectivity index is 4.25. The number of nitrogens with one attached hydrogen (secondary N) is 2. The molecule has 0 bridgehead atoms. The van der Waals surface area contributed by atoms with Crippen LogP contribution in [-0.2, 0) is 9.59 Å². The lowest BCUT2D eigenvalue weighted by atomic mass is 10.2. The molecule has 0 aliphatic rings. The number of rotatable bonds is 9. The van der Waals surface area contributed by atoms with Gasteiger partial charge in [0.2, 0.25) is 11.8 Å². The standard InChI is InChI=1S/C10H20N2O4S3/c13-4-6(14)3-11-9(15)7(5-18)12-10(16)8(19)1-2-17/h6-8,13-14,17-19H,1-5H2,(H,11,15)(H,12,16). The average Bonchev–Trinajstić information content (AvgIpc) is 2.41. The number of carbonyl (C=O) groups excluding carboxylic acids is 2. The van der Waals surface area contributed by atoms with Crippen LogP contribution in [0.25, 0.3) is 0 Å². The molecule has 0 radical (unpaired) electrons. The summed E-state index contributed by atoms with van der Waals surface area (Å²) in [4.78, 5) is 23.4. The van der Waals surface area contributed by atoms with E-state index in [1.165, 1.54) is 0 Å². The van der Waals surface area contributed by atoms with E-state index in [1.54, 1.807) is 0 Å². The third-order valence-electron chi connectivity index (χ3n) is 2.24. The highest BCUT2D eigenvalue weighted by Crippen LogP contribution is 2.03. The summed E-state index contributed by atoms with van der Waals surface area (Å²) in [5.41, 5.74) is 0. The molecule has 3 unspecified atom stereocenters. The quantitative estimate of drug-likeness (QED) is 0.262. The van der Waals surface area contributed by atoms with Crippen molar-refractivity contribution in [2.75, 3.05) is 24.7 Å². The van der Waals surface area contributed by atoms with Crippen molar-refractivity contribution < 1.29 is 19.8 Å². The van der Waals surface area contributed by atoms with Crippen molar-refractivity contribution >= 4 is 49.7 Å². The second-order valence-corrected chi connectivity index (χ2v) is 5.29. The van der Waals surface area contributed by atoms with Gasteiger partial charge in [0.05, 0.1) is 18.0 Å². The third-order valence-corrected chi connectivity index (χ3v) is 3.36. The zero-order valence-electron chi connectivity index (χ0n) is 10.3. The van der Waals surface area contributed by atoms with E-state index in [-0.39, 0.29) is 18.2 Å². The predicted octanol–water partition coefficient (Wildman–Crippen LogP) is -1.51. The van der Waals surface area contributed by atoms with Gasteiger partial charge >= 0.3 is 0 Å². The molecule has 6 nitrogen and oxygen atoms in total. The topological polar surface area (TPSA) is 98.7 Å². The van der Waals surface area contributed by atoms with Gasteiger partial charge in [-0.2, -0.15) is 37.9 Å². The predicted molar refractivity (Wildman–Crippen MR) is 83.1 cm³/mol. The summed E-state index contributed by atoms with van der Waals surface area (Å²) in [6.07, 6.45) is -0.538. The summed E-state index contributed by atoms with van der Waals surface area (Å²) in [5.74, 6) is -0.201. The van der Waals surface area contributed by atoms with E-state index in [4.69, 9.17) is 10.2 Å². The van der Waals surface area contributed by atoms with Crippen LogP contribution in [-0.4, -0.2) is 64.1 Å². The molecule has 2 amide bonds. The number of aliphatic hydroxyl groups is 2. The first-order valence-corrected chi connectivity index (χ1v) is 7.51. The third kappa shape index (κ3) is 7.93. The second-order valence-electron chi connectivity index (χ2n) is 3.85. The van der Waals surface area contributed by atoms with E-state index in [0.717, 1.165) is 0 Å². The van der Waals surface area contributed by atoms with Gasteiger partial charge in [-0.15, -0.1) is 0 Å². The summed E-state index contributed by atoms with van der Waals surface area (Å²) in [6.45, 7) is -0.532. The minimum absolute atomic E-state index is 0.0869. The maximum absolute atomic E-state index is 11.7. The Bertz CT molecular complexity index is 294. The molecule has 0 heterocycles. The number of hydrogen-bond donors (Lipinski definition) is 7. The van der Waals surface area contributed by atoms with Crippen molar-refractivity contribution in [3.63, 3.8) is 0 Å². The number of carbonyl (C=O) groups is 2. The number of thiol groups is 3. The molecule has 0 aromatic rings. The Kier molecular flexibility index (Phi) is 10.6. The molecule has 0 spiro atoms. The molecule has 0 saturated carbocycles. The SMILES string of the molecule is O=C(NC(CS)C(=O)NCC(O)CO)C(S)CCS. The summed E-state index contributed by atoms with van der Waals surface area (Å²) >= 11 is 12.1. The molecular formula is C10H20N2O4S3. The molecule has 19 heavy (non-hydrogen) atoms. The number of amides is 2. The maximum Gasteiger partial charge on any atom is 0.243 e. The van der Waals surface area contributed by atoms with Crippen LogP contribution >= 0.6 is 37.9 Å². The molecule has 0 rings (SSSR count). The highest BCUT2D eigenvalue weighted by atomic mass is 32.1. The normalized spacial score (nSPS) is 15.4. The van der Waals surface area contributed by atoms with Crippen molar-refractivity contribution in [2.45, 2.75) is 23.8 Å². The van der Waals surface area contributed by atoms with Gasteiger partial charge in [0.15, 0.2) is 0 Å². The Morgan fingerprint density at radius 1 is 1.21 bits per heavy atom. The van der Waals surface area contributed by atoms with E-state index < -0.39 is 29.9 Å². The lowest BCUT2D eigenvalue weighted by Crippen LogP contribution is -2.51. The molecule has 0 fully saturated rings. The summed E-state index contributed by atoms with van der Waals surface area (Å²) in [5, 5.41) is 22.1. The van der Waals surface area contributed by atoms with E-state index in [2.05, 4.69) is 48.5 Å². The van der Waals surface area contributed by atoms with Crippen LogP contribution in [0.5, 0.6) is 0 Å². The lowest BCUT2D eigenvalue weighted by Gasteiger charge is -2.19. The Labute approximate surface area is 129 Å². The van der Waals surface area contributed by atoms with Crippen LogP contribution in [0.3, 0.4) is 0 Å². The Hall–Kier alpha value is -0.0900. The molecule has 0 aliphatic carbocycles.